The summed E-state index contributed by atoms with van der Waals surface area (Å²) in [6, 6.07) is 5.77. The molecule has 3 rings (SSSR count). The molecule has 0 spiro atoms. The zero-order valence-electron chi connectivity index (χ0n) is 12.9. The fourth-order valence-corrected chi connectivity index (χ4v) is 4.41. The van der Waals surface area contributed by atoms with Crippen LogP contribution in [0.1, 0.15) is 50.4 Å². The molecule has 0 amide bonds. The van der Waals surface area contributed by atoms with E-state index in [0.29, 0.717) is 29.7 Å². The number of hydrogen-bond donors (Lipinski definition) is 0. The lowest BCUT2D eigenvalue weighted by Gasteiger charge is -2.21. The van der Waals surface area contributed by atoms with Crippen LogP contribution in [0.15, 0.2) is 33.7 Å². The molecule has 0 unspecified atom stereocenters. The van der Waals surface area contributed by atoms with Crippen LogP contribution < -0.4 is 0 Å². The predicted molar refractivity (Wildman–Crippen MR) is 85.7 cm³/mol. The van der Waals surface area contributed by atoms with E-state index in [4.69, 9.17) is 16.1 Å². The van der Waals surface area contributed by atoms with Crippen LogP contribution in [-0.4, -0.2) is 29.4 Å². The molecule has 0 saturated carbocycles. The standard InChI is InChI=1S/C15H18ClN3O3S/c1-10(2)14-17-15(22-18-14)13-4-3-9-19(13)23(20,21)12-7-5-11(16)6-8-12/h5-8,10,13H,3-4,9H2,1-2H3/t13-/m1/s1. The van der Waals surface area contributed by atoms with Gasteiger partial charge in [-0.15, -0.1) is 0 Å². The van der Waals surface area contributed by atoms with Gasteiger partial charge in [-0.05, 0) is 37.1 Å². The summed E-state index contributed by atoms with van der Waals surface area (Å²) in [5, 5.41) is 4.44. The number of aromatic nitrogens is 2. The molecule has 1 atom stereocenters. The highest BCUT2D eigenvalue weighted by Crippen LogP contribution is 2.36. The number of nitrogens with zero attached hydrogens (tertiary/aromatic N) is 3. The van der Waals surface area contributed by atoms with Gasteiger partial charge in [0, 0.05) is 17.5 Å². The Morgan fingerprint density at radius 3 is 2.61 bits per heavy atom. The zero-order valence-corrected chi connectivity index (χ0v) is 14.5. The van der Waals surface area contributed by atoms with Crippen LogP contribution in [0.2, 0.25) is 5.02 Å². The van der Waals surface area contributed by atoms with Crippen molar-refractivity contribution in [3.05, 3.63) is 41.0 Å². The fourth-order valence-electron chi connectivity index (χ4n) is 2.63. The molecule has 1 aromatic carbocycles. The van der Waals surface area contributed by atoms with Crippen molar-refractivity contribution in [1.29, 1.82) is 0 Å². The minimum atomic E-state index is -3.62. The molecule has 1 aromatic heterocycles. The smallest absolute Gasteiger partial charge is 0.245 e. The van der Waals surface area contributed by atoms with Crippen LogP contribution in [-0.2, 0) is 10.0 Å². The van der Waals surface area contributed by atoms with Gasteiger partial charge in [0.1, 0.15) is 6.04 Å². The molecule has 1 saturated heterocycles. The lowest BCUT2D eigenvalue weighted by molar-refractivity contribution is 0.289. The normalized spacial score (nSPS) is 19.6. The summed E-state index contributed by atoms with van der Waals surface area (Å²) in [6.07, 6.45) is 1.43. The Balaban J connectivity index is 1.92. The first-order chi connectivity index (χ1) is 10.9. The van der Waals surface area contributed by atoms with Crippen molar-refractivity contribution in [3.63, 3.8) is 0 Å². The molecule has 23 heavy (non-hydrogen) atoms. The predicted octanol–water partition coefficient (Wildman–Crippen LogP) is 3.37. The topological polar surface area (TPSA) is 76.3 Å². The Morgan fingerprint density at radius 1 is 1.30 bits per heavy atom. The molecule has 0 radical (unpaired) electrons. The van der Waals surface area contributed by atoms with Crippen LogP contribution in [0, 0.1) is 0 Å². The maximum absolute atomic E-state index is 12.9. The Labute approximate surface area is 140 Å². The molecule has 2 aromatic rings. The molecule has 1 fully saturated rings. The Kier molecular flexibility index (Phi) is 4.44. The van der Waals surface area contributed by atoms with Crippen LogP contribution >= 0.6 is 11.6 Å². The third-order valence-electron chi connectivity index (χ3n) is 3.88. The second-order valence-corrected chi connectivity index (χ2v) is 8.20. The molecule has 6 nitrogen and oxygen atoms in total. The highest BCUT2D eigenvalue weighted by molar-refractivity contribution is 7.89. The van der Waals surface area contributed by atoms with E-state index in [0.717, 1.165) is 6.42 Å². The van der Waals surface area contributed by atoms with Crippen molar-refractivity contribution < 1.29 is 12.9 Å². The molecule has 0 aliphatic carbocycles. The number of sulfonamides is 1. The summed E-state index contributed by atoms with van der Waals surface area (Å²) in [5.74, 6) is 1.09. The average Bonchev–Trinajstić information content (AvgIpc) is 3.16. The molecular formula is C15H18ClN3O3S. The third-order valence-corrected chi connectivity index (χ3v) is 6.06. The lowest BCUT2D eigenvalue weighted by Crippen LogP contribution is -2.30. The minimum absolute atomic E-state index is 0.134. The average molecular weight is 356 g/mol. The lowest BCUT2D eigenvalue weighted by atomic mass is 10.2. The summed E-state index contributed by atoms with van der Waals surface area (Å²) < 4.78 is 32.5. The molecule has 1 aliphatic rings. The van der Waals surface area contributed by atoms with E-state index < -0.39 is 16.1 Å². The van der Waals surface area contributed by atoms with Gasteiger partial charge in [-0.1, -0.05) is 30.6 Å². The quantitative estimate of drug-likeness (QED) is 0.840. The van der Waals surface area contributed by atoms with E-state index in [1.807, 2.05) is 13.8 Å². The third kappa shape index (κ3) is 3.13. The van der Waals surface area contributed by atoms with E-state index in [2.05, 4.69) is 10.1 Å². The van der Waals surface area contributed by atoms with Crippen LogP contribution in [0.25, 0.3) is 0 Å². The Morgan fingerprint density at radius 2 is 2.00 bits per heavy atom. The van der Waals surface area contributed by atoms with Gasteiger partial charge in [-0.25, -0.2) is 8.42 Å². The van der Waals surface area contributed by atoms with Gasteiger partial charge in [-0.2, -0.15) is 9.29 Å². The van der Waals surface area contributed by atoms with Crippen molar-refractivity contribution in [2.24, 2.45) is 0 Å². The fraction of sp³-hybridized carbons (Fsp3) is 0.467. The van der Waals surface area contributed by atoms with E-state index in [9.17, 15) is 8.42 Å². The first-order valence-electron chi connectivity index (χ1n) is 7.50. The van der Waals surface area contributed by atoms with Crippen molar-refractivity contribution >= 4 is 21.6 Å². The second kappa shape index (κ2) is 6.22. The van der Waals surface area contributed by atoms with Gasteiger partial charge in [0.05, 0.1) is 4.90 Å². The van der Waals surface area contributed by atoms with Crippen molar-refractivity contribution in [2.45, 2.75) is 43.5 Å². The monoisotopic (exact) mass is 355 g/mol. The van der Waals surface area contributed by atoms with Gasteiger partial charge in [0.25, 0.3) is 0 Å². The van der Waals surface area contributed by atoms with E-state index in [1.54, 1.807) is 12.1 Å². The summed E-state index contributed by atoms with van der Waals surface area (Å²) in [6.45, 7) is 4.37. The second-order valence-electron chi connectivity index (χ2n) is 5.87. The number of benzene rings is 1. The van der Waals surface area contributed by atoms with Crippen LogP contribution in [0.4, 0.5) is 0 Å². The highest BCUT2D eigenvalue weighted by atomic mass is 35.5. The largest absolute Gasteiger partial charge is 0.338 e. The van der Waals surface area contributed by atoms with Crippen LogP contribution in [0.5, 0.6) is 0 Å². The summed E-state index contributed by atoms with van der Waals surface area (Å²) in [7, 11) is -3.62. The van der Waals surface area contributed by atoms with Crippen LogP contribution in [0.3, 0.4) is 0 Å². The summed E-state index contributed by atoms with van der Waals surface area (Å²) in [5.41, 5.74) is 0. The number of rotatable bonds is 4. The molecule has 0 N–H and O–H groups in total. The van der Waals surface area contributed by atoms with E-state index in [1.165, 1.54) is 16.4 Å². The Hall–Kier alpha value is -1.44. The SMILES string of the molecule is CC(C)c1noc([C@H]2CCCN2S(=O)(=O)c2ccc(Cl)cc2)n1. The first-order valence-corrected chi connectivity index (χ1v) is 9.32. The van der Waals surface area contributed by atoms with E-state index >= 15 is 0 Å². The molecule has 0 bridgehead atoms. The maximum atomic E-state index is 12.9. The molecule has 1 aliphatic heterocycles. The van der Waals surface area contributed by atoms with Gasteiger partial charge in [-0.3, -0.25) is 0 Å². The van der Waals surface area contributed by atoms with Gasteiger partial charge in [0.2, 0.25) is 15.9 Å². The zero-order chi connectivity index (χ0) is 16.6. The highest BCUT2D eigenvalue weighted by Gasteiger charge is 2.39. The van der Waals surface area contributed by atoms with Crippen molar-refractivity contribution in [2.75, 3.05) is 6.54 Å². The molecule has 2 heterocycles. The van der Waals surface area contributed by atoms with Crippen molar-refractivity contribution in [1.82, 2.24) is 14.4 Å². The Bertz CT molecular complexity index is 787. The van der Waals surface area contributed by atoms with Gasteiger partial charge < -0.3 is 4.52 Å². The van der Waals surface area contributed by atoms with Gasteiger partial charge >= 0.3 is 0 Å². The first kappa shape index (κ1) is 16.4. The van der Waals surface area contributed by atoms with E-state index in [-0.39, 0.29) is 10.8 Å². The maximum Gasteiger partial charge on any atom is 0.245 e. The molecule has 8 heteroatoms. The number of halogens is 1. The minimum Gasteiger partial charge on any atom is -0.338 e. The summed E-state index contributed by atoms with van der Waals surface area (Å²) >= 11 is 5.84. The molecule has 124 valence electrons. The van der Waals surface area contributed by atoms with Gasteiger partial charge in [0.15, 0.2) is 5.82 Å². The van der Waals surface area contributed by atoms with Crippen molar-refractivity contribution in [3.8, 4) is 0 Å². The number of hydrogen-bond acceptors (Lipinski definition) is 5. The summed E-state index contributed by atoms with van der Waals surface area (Å²) in [4.78, 5) is 4.58. The molecular weight excluding hydrogens is 338 g/mol.